The monoisotopic (exact) mass is 532 g/mol. The van der Waals surface area contributed by atoms with Gasteiger partial charge in [0.25, 0.3) is 0 Å². The van der Waals surface area contributed by atoms with Gasteiger partial charge in [-0.1, -0.05) is 119 Å². The summed E-state index contributed by atoms with van der Waals surface area (Å²) in [5.41, 5.74) is 21.9. The zero-order chi connectivity index (χ0) is 28.3. The van der Waals surface area contributed by atoms with Gasteiger partial charge < -0.3 is 11.5 Å². The van der Waals surface area contributed by atoms with Gasteiger partial charge in [-0.2, -0.15) is 0 Å². The summed E-state index contributed by atoms with van der Waals surface area (Å²) in [7, 11) is 0. The van der Waals surface area contributed by atoms with Crippen LogP contribution < -0.4 is 11.5 Å². The summed E-state index contributed by atoms with van der Waals surface area (Å²) in [4.78, 5) is 0. The van der Waals surface area contributed by atoms with E-state index in [9.17, 15) is 0 Å². The third-order valence-corrected chi connectivity index (χ3v) is 8.30. The van der Waals surface area contributed by atoms with Gasteiger partial charge in [0.1, 0.15) is 0 Å². The molecule has 2 atom stereocenters. The molecule has 2 nitrogen and oxygen atoms in total. The van der Waals surface area contributed by atoms with Crippen molar-refractivity contribution in [3.8, 4) is 0 Å². The maximum absolute atomic E-state index is 5.95. The van der Waals surface area contributed by atoms with Crippen LogP contribution in [0.25, 0.3) is 0 Å². The molecule has 2 unspecified atom stereocenters. The van der Waals surface area contributed by atoms with Gasteiger partial charge in [0, 0.05) is 23.2 Å². The predicted octanol–water partition coefficient (Wildman–Crippen LogP) is 9.92. The summed E-state index contributed by atoms with van der Waals surface area (Å²) >= 11 is 0. The fourth-order valence-corrected chi connectivity index (χ4v) is 5.97. The molecule has 0 bridgehead atoms. The quantitative estimate of drug-likeness (QED) is 0.159. The molecule has 2 heteroatoms. The minimum atomic E-state index is 0.430. The summed E-state index contributed by atoms with van der Waals surface area (Å²) in [6.07, 6.45) is 9.40. The molecule has 0 fully saturated rings. The number of unbranched alkanes of at least 4 members (excludes halogenated alkanes) is 2. The van der Waals surface area contributed by atoms with E-state index < -0.39 is 0 Å². The highest BCUT2D eigenvalue weighted by Gasteiger charge is 2.16. The fourth-order valence-electron chi connectivity index (χ4n) is 5.97. The van der Waals surface area contributed by atoms with Crippen LogP contribution in [0.5, 0.6) is 0 Å². The SMILES string of the molecule is CCCCC(c1ccc(N)cc1)c1ccc(CC(C)Cc2ccc(C(CCCC)c3ccc(N)cc3)cc2)cc1. The van der Waals surface area contributed by atoms with Gasteiger partial charge in [0.15, 0.2) is 0 Å². The molecule has 0 amide bonds. The van der Waals surface area contributed by atoms with Crippen LogP contribution in [-0.2, 0) is 12.8 Å². The molecule has 0 saturated heterocycles. The highest BCUT2D eigenvalue weighted by Crippen LogP contribution is 2.32. The first-order chi connectivity index (χ1) is 19.5. The molecule has 210 valence electrons. The van der Waals surface area contributed by atoms with Crippen molar-refractivity contribution in [2.24, 2.45) is 5.92 Å². The number of rotatable bonds is 14. The predicted molar refractivity (Wildman–Crippen MR) is 174 cm³/mol. The van der Waals surface area contributed by atoms with Crippen molar-refractivity contribution in [2.45, 2.75) is 84.0 Å². The molecule has 0 heterocycles. The Balaban J connectivity index is 1.39. The number of hydrogen-bond acceptors (Lipinski definition) is 2. The zero-order valence-corrected chi connectivity index (χ0v) is 24.8. The second-order valence-corrected chi connectivity index (χ2v) is 11.7. The molecule has 0 saturated carbocycles. The second-order valence-electron chi connectivity index (χ2n) is 11.7. The van der Waals surface area contributed by atoms with Crippen molar-refractivity contribution in [3.05, 3.63) is 130 Å². The van der Waals surface area contributed by atoms with Gasteiger partial charge in [-0.15, -0.1) is 0 Å². The average molecular weight is 533 g/mol. The molecule has 0 radical (unpaired) electrons. The molecule has 0 aliphatic rings. The van der Waals surface area contributed by atoms with E-state index in [2.05, 4.69) is 93.6 Å². The molecule has 4 N–H and O–H groups in total. The Kier molecular flexibility index (Phi) is 10.9. The molecule has 0 aromatic heterocycles. The van der Waals surface area contributed by atoms with Crippen LogP contribution in [-0.4, -0.2) is 0 Å². The summed E-state index contributed by atoms with van der Waals surface area (Å²) in [6.45, 7) is 6.91. The molecular weight excluding hydrogens is 484 g/mol. The smallest absolute Gasteiger partial charge is 0.0314 e. The molecular formula is C38H48N2. The zero-order valence-electron chi connectivity index (χ0n) is 24.8. The van der Waals surface area contributed by atoms with Crippen molar-refractivity contribution in [1.29, 1.82) is 0 Å². The molecule has 0 aliphatic carbocycles. The van der Waals surface area contributed by atoms with Crippen LogP contribution in [0.1, 0.15) is 105 Å². The number of benzene rings is 4. The Hall–Kier alpha value is -3.52. The maximum Gasteiger partial charge on any atom is 0.0314 e. The lowest BCUT2D eigenvalue weighted by Gasteiger charge is -2.20. The first-order valence-electron chi connectivity index (χ1n) is 15.3. The first-order valence-corrected chi connectivity index (χ1v) is 15.3. The minimum Gasteiger partial charge on any atom is -0.399 e. The number of nitrogen functional groups attached to an aromatic ring is 2. The lowest BCUT2D eigenvalue weighted by atomic mass is 9.85. The van der Waals surface area contributed by atoms with Crippen LogP contribution in [0.15, 0.2) is 97.1 Å². The standard InChI is InChI=1S/C38H48N2/c1-4-6-8-37(33-18-22-35(39)23-19-33)31-14-10-29(11-15-31)26-28(3)27-30-12-16-32(17-13-30)38(9-7-5-2)34-20-24-36(40)25-21-34/h10-25,28,37-38H,4-9,26-27,39-40H2,1-3H3. The van der Waals surface area contributed by atoms with E-state index in [0.29, 0.717) is 17.8 Å². The maximum atomic E-state index is 5.95. The van der Waals surface area contributed by atoms with Gasteiger partial charge in [-0.25, -0.2) is 0 Å². The topological polar surface area (TPSA) is 52.0 Å². The Morgan fingerprint density at radius 1 is 0.475 bits per heavy atom. The summed E-state index contributed by atoms with van der Waals surface area (Å²) < 4.78 is 0. The van der Waals surface area contributed by atoms with E-state index in [4.69, 9.17) is 11.5 Å². The highest BCUT2D eigenvalue weighted by atomic mass is 14.5. The summed E-state index contributed by atoms with van der Waals surface area (Å²) in [5.74, 6) is 1.44. The number of anilines is 2. The average Bonchev–Trinajstić information content (AvgIpc) is 2.97. The first kappa shape index (κ1) is 29.5. The molecule has 4 aromatic carbocycles. The van der Waals surface area contributed by atoms with E-state index in [-0.39, 0.29) is 0 Å². The van der Waals surface area contributed by atoms with Crippen LogP contribution in [0, 0.1) is 5.92 Å². The van der Waals surface area contributed by atoms with Gasteiger partial charge in [0.2, 0.25) is 0 Å². The van der Waals surface area contributed by atoms with Crippen molar-refractivity contribution in [1.82, 2.24) is 0 Å². The molecule has 0 aliphatic heterocycles. The van der Waals surface area contributed by atoms with Crippen LogP contribution in [0.3, 0.4) is 0 Å². The third kappa shape index (κ3) is 8.24. The van der Waals surface area contributed by atoms with E-state index >= 15 is 0 Å². The Morgan fingerprint density at radius 2 is 0.775 bits per heavy atom. The van der Waals surface area contributed by atoms with Crippen molar-refractivity contribution in [2.75, 3.05) is 11.5 Å². The number of hydrogen-bond donors (Lipinski definition) is 2. The van der Waals surface area contributed by atoms with Crippen molar-refractivity contribution >= 4 is 11.4 Å². The summed E-state index contributed by atoms with van der Waals surface area (Å²) in [6, 6.07) is 35.7. The highest BCUT2D eigenvalue weighted by molar-refractivity contribution is 5.44. The van der Waals surface area contributed by atoms with Gasteiger partial charge in [0.05, 0.1) is 0 Å². The third-order valence-electron chi connectivity index (χ3n) is 8.30. The van der Waals surface area contributed by atoms with Crippen LogP contribution >= 0.6 is 0 Å². The second kappa shape index (κ2) is 14.7. The van der Waals surface area contributed by atoms with Gasteiger partial charge in [-0.3, -0.25) is 0 Å². The van der Waals surface area contributed by atoms with E-state index in [1.54, 1.807) is 0 Å². The summed E-state index contributed by atoms with van der Waals surface area (Å²) in [5, 5.41) is 0. The fraction of sp³-hybridized carbons (Fsp3) is 0.368. The Bertz CT molecular complexity index is 1170. The van der Waals surface area contributed by atoms with E-state index in [0.717, 1.165) is 24.2 Å². The van der Waals surface area contributed by atoms with Crippen molar-refractivity contribution in [3.63, 3.8) is 0 Å². The lowest BCUT2D eigenvalue weighted by molar-refractivity contribution is 0.576. The minimum absolute atomic E-state index is 0.430. The van der Waals surface area contributed by atoms with E-state index in [1.165, 1.54) is 71.9 Å². The van der Waals surface area contributed by atoms with Gasteiger partial charge >= 0.3 is 0 Å². The van der Waals surface area contributed by atoms with Crippen LogP contribution in [0.2, 0.25) is 0 Å². The largest absolute Gasteiger partial charge is 0.399 e. The van der Waals surface area contributed by atoms with Crippen LogP contribution in [0.4, 0.5) is 11.4 Å². The van der Waals surface area contributed by atoms with E-state index in [1.807, 2.05) is 24.3 Å². The molecule has 40 heavy (non-hydrogen) atoms. The molecule has 4 aromatic rings. The molecule has 0 spiro atoms. The normalized spacial score (nSPS) is 13.6. The Morgan fingerprint density at radius 3 is 1.07 bits per heavy atom. The lowest BCUT2D eigenvalue weighted by Crippen LogP contribution is -2.06. The number of nitrogens with two attached hydrogens (primary N) is 2. The van der Waals surface area contributed by atoms with Gasteiger partial charge in [-0.05, 0) is 89.2 Å². The van der Waals surface area contributed by atoms with Crippen molar-refractivity contribution < 1.29 is 0 Å². The Labute approximate surface area is 242 Å². The molecule has 4 rings (SSSR count).